The van der Waals surface area contributed by atoms with Gasteiger partial charge in [-0.2, -0.15) is 0 Å². The number of nitrogens with one attached hydrogen (secondary N) is 1. The molecule has 0 spiro atoms. The van der Waals surface area contributed by atoms with E-state index in [0.717, 1.165) is 63.3 Å². The minimum absolute atomic E-state index is 0.0721. The molecule has 2 N–H and O–H groups in total. The van der Waals surface area contributed by atoms with Gasteiger partial charge >= 0.3 is 0 Å². The molecule has 0 amide bonds. The predicted octanol–water partition coefficient (Wildman–Crippen LogP) is 4.38. The first kappa shape index (κ1) is 27.6. The molecule has 2 aromatic heterocycles. The maximum Gasteiger partial charge on any atom is 0.216 e. The van der Waals surface area contributed by atoms with Crippen LogP contribution in [-0.2, 0) is 0 Å². The van der Waals surface area contributed by atoms with Crippen LogP contribution in [0.15, 0.2) is 42.6 Å². The third kappa shape index (κ3) is 4.82. The number of hydrogen-bond donors (Lipinski definition) is 2. The van der Waals surface area contributed by atoms with Crippen LogP contribution in [0.4, 0.5) is 10.1 Å². The summed E-state index contributed by atoms with van der Waals surface area (Å²) < 4.78 is 21.4. The zero-order valence-corrected chi connectivity index (χ0v) is 25.0. The second kappa shape index (κ2) is 10.6. The van der Waals surface area contributed by atoms with Gasteiger partial charge in [0.15, 0.2) is 0 Å². The van der Waals surface area contributed by atoms with E-state index >= 15 is 0 Å². The molecule has 3 saturated heterocycles. The van der Waals surface area contributed by atoms with E-state index in [-0.39, 0.29) is 16.9 Å². The summed E-state index contributed by atoms with van der Waals surface area (Å²) >= 11 is 0. The molecule has 9 heteroatoms. The van der Waals surface area contributed by atoms with E-state index in [0.29, 0.717) is 52.0 Å². The number of nitrogens with zero attached hydrogens (tertiary/aromatic N) is 5. The number of rotatable bonds is 6. The van der Waals surface area contributed by atoms with Crippen molar-refractivity contribution in [2.45, 2.75) is 43.3 Å². The highest BCUT2D eigenvalue weighted by atomic mass is 19.1. The fourth-order valence-electron chi connectivity index (χ4n) is 7.51. The number of aromatic nitrogens is 2. The Labute approximate surface area is 256 Å². The van der Waals surface area contributed by atoms with Crippen molar-refractivity contribution in [3.8, 4) is 35.1 Å². The van der Waals surface area contributed by atoms with Gasteiger partial charge in [0.2, 0.25) is 5.88 Å². The number of benzene rings is 2. The Morgan fingerprint density at radius 2 is 1.86 bits per heavy atom. The van der Waals surface area contributed by atoms with E-state index in [4.69, 9.17) is 21.1 Å². The summed E-state index contributed by atoms with van der Waals surface area (Å²) in [4.78, 5) is 17.3. The lowest BCUT2D eigenvalue weighted by Gasteiger charge is -2.38. The number of likely N-dealkylation sites (N-methyl/N-ethyl adjacent to an activating group) is 1. The molecule has 5 heterocycles. The number of fused-ring (bicyclic) bond motifs is 4. The molecule has 44 heavy (non-hydrogen) atoms. The van der Waals surface area contributed by atoms with Crippen LogP contribution in [0.3, 0.4) is 0 Å². The van der Waals surface area contributed by atoms with E-state index < -0.39 is 5.82 Å². The minimum Gasteiger partial charge on any atom is -0.508 e. The first-order valence-electron chi connectivity index (χ1n) is 15.7. The summed E-state index contributed by atoms with van der Waals surface area (Å²) in [7, 11) is 2.18. The van der Waals surface area contributed by atoms with Crippen LogP contribution in [-0.4, -0.2) is 95.4 Å². The largest absolute Gasteiger partial charge is 0.508 e. The summed E-state index contributed by atoms with van der Waals surface area (Å²) in [6.07, 6.45) is 12.2. The molecule has 4 aromatic rings. The van der Waals surface area contributed by atoms with Crippen LogP contribution in [0.25, 0.3) is 32.9 Å². The van der Waals surface area contributed by atoms with Crippen molar-refractivity contribution < 1.29 is 14.2 Å². The second-order valence-electron chi connectivity index (χ2n) is 13.1. The molecule has 4 fully saturated rings. The van der Waals surface area contributed by atoms with Crippen LogP contribution in [0.1, 0.15) is 31.2 Å². The number of terminal acetylenes is 1. The summed E-state index contributed by atoms with van der Waals surface area (Å²) in [6, 6.07) is 11.1. The highest BCUT2D eigenvalue weighted by Gasteiger charge is 2.49. The molecule has 8 nitrogen and oxygen atoms in total. The molecule has 2 unspecified atom stereocenters. The average molecular weight is 593 g/mol. The molecule has 226 valence electrons. The Balaban J connectivity index is 1.20. The van der Waals surface area contributed by atoms with Gasteiger partial charge < -0.3 is 25.0 Å². The number of pyridine rings is 2. The van der Waals surface area contributed by atoms with Gasteiger partial charge in [0.25, 0.3) is 0 Å². The number of phenolic OH excluding ortho intramolecular Hbond substituents is 1. The topological polar surface area (TPSA) is 77.0 Å². The maximum atomic E-state index is 14.8. The quantitative estimate of drug-likeness (QED) is 0.320. The van der Waals surface area contributed by atoms with E-state index in [1.165, 1.54) is 18.9 Å². The van der Waals surface area contributed by atoms with Crippen molar-refractivity contribution in [2.24, 2.45) is 0 Å². The fourth-order valence-corrected chi connectivity index (χ4v) is 7.51. The van der Waals surface area contributed by atoms with E-state index in [2.05, 4.69) is 39.1 Å². The molecule has 3 aliphatic heterocycles. The number of aromatic hydroxyl groups is 1. The third-order valence-electron chi connectivity index (χ3n) is 10.2. The van der Waals surface area contributed by atoms with Crippen LogP contribution in [0, 0.1) is 18.2 Å². The predicted molar refractivity (Wildman–Crippen MR) is 171 cm³/mol. The van der Waals surface area contributed by atoms with Gasteiger partial charge in [-0.3, -0.25) is 9.88 Å². The Bertz CT molecular complexity index is 1800. The van der Waals surface area contributed by atoms with Crippen molar-refractivity contribution in [1.29, 1.82) is 0 Å². The SMILES string of the molecule is C#Cc1c(F)ccc2cc(O)cc(-c3cnc4c(N5CC6CCC(C5)N6)cc(OCC5(N6CCN(C)CC6)CC5)nc4c3)c12. The number of hydrogen-bond acceptors (Lipinski definition) is 8. The van der Waals surface area contributed by atoms with Crippen LogP contribution in [0.5, 0.6) is 11.6 Å². The number of halogens is 1. The molecular weight excluding hydrogens is 555 g/mol. The standard InChI is InChI=1S/C35H37FN6O2/c1-3-27-29(36)7-4-22-14-26(43)16-28(33(22)27)23-15-30-34(37-18-23)31(41-19-24-5-6-25(20-41)38-24)17-32(39-30)44-21-35(8-9-35)42-12-10-40(2)11-13-42/h1,4,7,14-18,24-25,38,43H,5-6,8-13,19-21H2,2H3. The maximum absolute atomic E-state index is 14.8. The van der Waals surface area contributed by atoms with Crippen LogP contribution in [0.2, 0.25) is 0 Å². The molecule has 1 saturated carbocycles. The number of piperazine rings is 2. The third-order valence-corrected chi connectivity index (χ3v) is 10.2. The zero-order chi connectivity index (χ0) is 30.0. The van der Waals surface area contributed by atoms with Gasteiger partial charge in [0.1, 0.15) is 23.7 Å². The first-order chi connectivity index (χ1) is 21.4. The molecule has 1 aliphatic carbocycles. The Morgan fingerprint density at radius 1 is 1.09 bits per heavy atom. The summed E-state index contributed by atoms with van der Waals surface area (Å²) in [6.45, 7) is 6.70. The normalized spacial score (nSPS) is 23.2. The molecule has 2 aromatic carbocycles. The van der Waals surface area contributed by atoms with E-state index in [9.17, 15) is 9.50 Å². The highest BCUT2D eigenvalue weighted by Crippen LogP contribution is 2.43. The van der Waals surface area contributed by atoms with E-state index in [1.54, 1.807) is 24.4 Å². The Hall–Kier alpha value is -3.97. The molecule has 2 atom stereocenters. The van der Waals surface area contributed by atoms with Crippen molar-refractivity contribution >= 4 is 27.5 Å². The lowest BCUT2D eigenvalue weighted by atomic mass is 9.94. The van der Waals surface area contributed by atoms with Gasteiger partial charge in [0.05, 0.1) is 22.3 Å². The highest BCUT2D eigenvalue weighted by molar-refractivity contribution is 6.03. The summed E-state index contributed by atoms with van der Waals surface area (Å²) in [5, 5.41) is 15.5. The zero-order valence-electron chi connectivity index (χ0n) is 25.0. The first-order valence-corrected chi connectivity index (χ1v) is 15.7. The van der Waals surface area contributed by atoms with Crippen molar-refractivity contribution in [3.63, 3.8) is 0 Å². The smallest absolute Gasteiger partial charge is 0.216 e. The summed E-state index contributed by atoms with van der Waals surface area (Å²) in [5.74, 6) is 2.71. The monoisotopic (exact) mass is 592 g/mol. The van der Waals surface area contributed by atoms with Gasteiger partial charge in [-0.1, -0.05) is 12.0 Å². The Kier molecular flexibility index (Phi) is 6.63. The lowest BCUT2D eigenvalue weighted by Crippen LogP contribution is -2.52. The van der Waals surface area contributed by atoms with Crippen LogP contribution < -0.4 is 15.0 Å². The van der Waals surface area contributed by atoms with Crippen molar-refractivity contribution in [2.75, 3.05) is 57.8 Å². The van der Waals surface area contributed by atoms with Gasteiger partial charge in [-0.25, -0.2) is 9.37 Å². The van der Waals surface area contributed by atoms with Gasteiger partial charge in [0, 0.05) is 74.6 Å². The van der Waals surface area contributed by atoms with Gasteiger partial charge in [-0.05, 0) is 67.9 Å². The van der Waals surface area contributed by atoms with Crippen LogP contribution >= 0.6 is 0 Å². The van der Waals surface area contributed by atoms with Gasteiger partial charge in [-0.15, -0.1) is 6.42 Å². The fraction of sp³-hybridized carbons (Fsp3) is 0.429. The van der Waals surface area contributed by atoms with E-state index in [1.807, 2.05) is 6.07 Å². The Morgan fingerprint density at radius 3 is 2.59 bits per heavy atom. The number of ether oxygens (including phenoxy) is 1. The molecule has 8 rings (SSSR count). The summed E-state index contributed by atoms with van der Waals surface area (Å²) in [5.41, 5.74) is 4.09. The number of phenols is 1. The second-order valence-corrected chi connectivity index (χ2v) is 13.1. The average Bonchev–Trinajstić information content (AvgIpc) is 3.75. The lowest BCUT2D eigenvalue weighted by molar-refractivity contribution is 0.0666. The number of anilines is 1. The molecule has 4 aliphatic rings. The van der Waals surface area contributed by atoms with Crippen molar-refractivity contribution in [3.05, 3.63) is 54.0 Å². The molecule has 2 bridgehead atoms. The molecule has 0 radical (unpaired) electrons. The van der Waals surface area contributed by atoms with Crippen molar-refractivity contribution in [1.82, 2.24) is 25.1 Å². The molecular formula is C35H37FN6O2. The minimum atomic E-state index is -0.473.